The normalized spacial score (nSPS) is 24.2. The molecule has 0 aliphatic carbocycles. The summed E-state index contributed by atoms with van der Waals surface area (Å²) in [7, 11) is 0. The summed E-state index contributed by atoms with van der Waals surface area (Å²) in [5, 5.41) is 0. The Morgan fingerprint density at radius 1 is 1.30 bits per heavy atom. The number of rotatable bonds is 3. The third kappa shape index (κ3) is 4.11. The number of alkyl halides is 3. The molecule has 1 aromatic heterocycles. The number of halogens is 3. The summed E-state index contributed by atoms with van der Waals surface area (Å²) in [4.78, 5) is 19.2. The van der Waals surface area contributed by atoms with Crippen LogP contribution in [0.5, 0.6) is 0 Å². The highest BCUT2D eigenvalue weighted by atomic mass is 19.4. The molecule has 0 spiro atoms. The fraction of sp³-hybridized carbons (Fsp3) is 0.647. The summed E-state index contributed by atoms with van der Waals surface area (Å²) in [6.45, 7) is 5.65. The molecular weight excluding hydrogens is 363 g/mol. The number of hydrogen-bond donors (Lipinski definition) is 2. The molecule has 2 saturated heterocycles. The average Bonchev–Trinajstić information content (AvgIpc) is 3.13. The van der Waals surface area contributed by atoms with E-state index < -0.39 is 23.9 Å². The fourth-order valence-electron chi connectivity index (χ4n) is 3.78. The first-order chi connectivity index (χ1) is 12.5. The number of likely N-dealkylation sites (tertiary alicyclic amines) is 2. The Kier molecular flexibility index (Phi) is 4.98. The third-order valence-corrected chi connectivity index (χ3v) is 4.80. The van der Waals surface area contributed by atoms with Crippen molar-refractivity contribution in [1.82, 2.24) is 14.8 Å². The number of ether oxygens (including phenoxy) is 1. The highest BCUT2D eigenvalue weighted by molar-refractivity contribution is 5.69. The van der Waals surface area contributed by atoms with Gasteiger partial charge in [0.2, 0.25) is 0 Å². The van der Waals surface area contributed by atoms with Gasteiger partial charge in [-0.3, -0.25) is 4.90 Å². The smallest absolute Gasteiger partial charge is 0.410 e. The quantitative estimate of drug-likeness (QED) is 0.613. The second kappa shape index (κ2) is 6.83. The molecule has 2 aliphatic rings. The highest BCUT2D eigenvalue weighted by Crippen LogP contribution is 2.44. The number of nitrogens with one attached hydrogen (secondary N) is 1. The topological polar surface area (TPSA) is 83.7 Å². The first kappa shape index (κ1) is 19.7. The molecule has 3 heterocycles. The average molecular weight is 387 g/mol. The van der Waals surface area contributed by atoms with Gasteiger partial charge in [0, 0.05) is 31.4 Å². The lowest BCUT2D eigenvalue weighted by atomic mass is 10.1. The molecule has 150 valence electrons. The summed E-state index contributed by atoms with van der Waals surface area (Å²) < 4.78 is 46.8. The molecule has 3 atom stereocenters. The van der Waals surface area contributed by atoms with Gasteiger partial charge in [0.25, 0.3) is 0 Å². The number of nitrogen functional groups attached to an aromatic ring is 1. The van der Waals surface area contributed by atoms with Crippen molar-refractivity contribution in [2.75, 3.05) is 18.5 Å². The van der Waals surface area contributed by atoms with Gasteiger partial charge >= 0.3 is 12.3 Å². The lowest BCUT2D eigenvalue weighted by molar-refractivity contribution is -0.191. The van der Waals surface area contributed by atoms with Crippen LogP contribution < -0.4 is 11.3 Å². The molecule has 1 aromatic rings. The van der Waals surface area contributed by atoms with E-state index in [1.807, 2.05) is 0 Å². The number of carbonyl (C=O) groups is 1. The van der Waals surface area contributed by atoms with E-state index in [9.17, 15) is 18.0 Å². The van der Waals surface area contributed by atoms with E-state index in [1.165, 1.54) is 23.2 Å². The molecule has 0 saturated carbocycles. The number of hydrogen-bond acceptors (Lipinski definition) is 6. The molecular formula is C17H24F3N5O2. The standard InChI is InChI=1S/C17H24F3N5O2/c1-16(2,3)27-15(26)25-9-11-6-12(25)8-24(11)14(17(18,19)20)10-4-5-13(23-21)22-7-10/h4-5,7,11-12,14H,6,8-9,21H2,1-3H3,(H,22,23)/t11?,12?,14-/m1/s1. The van der Waals surface area contributed by atoms with E-state index in [2.05, 4.69) is 10.4 Å². The number of aromatic nitrogens is 1. The maximum absolute atomic E-state index is 13.8. The van der Waals surface area contributed by atoms with Gasteiger partial charge in [-0.25, -0.2) is 15.6 Å². The van der Waals surface area contributed by atoms with Gasteiger partial charge in [-0.15, -0.1) is 0 Å². The van der Waals surface area contributed by atoms with E-state index in [-0.39, 0.29) is 30.7 Å². The minimum absolute atomic E-state index is 0.0536. The lowest BCUT2D eigenvalue weighted by Gasteiger charge is -2.39. The lowest BCUT2D eigenvalue weighted by Crippen LogP contribution is -2.53. The van der Waals surface area contributed by atoms with E-state index in [1.54, 1.807) is 25.7 Å². The second-order valence-electron chi connectivity index (χ2n) is 7.94. The number of hydrazine groups is 1. The Balaban J connectivity index is 1.77. The molecule has 10 heteroatoms. The Hall–Kier alpha value is -2.07. The fourth-order valence-corrected chi connectivity index (χ4v) is 3.78. The SMILES string of the molecule is CC(C)(C)OC(=O)N1CC2CC1CN2[C@H](c1ccc(NN)nc1)C(F)(F)F. The number of amides is 1. The minimum atomic E-state index is -4.46. The van der Waals surface area contributed by atoms with Crippen LogP contribution in [0.2, 0.25) is 0 Å². The number of nitrogens with two attached hydrogens (primary N) is 1. The van der Waals surface area contributed by atoms with Gasteiger partial charge in [-0.1, -0.05) is 6.07 Å². The van der Waals surface area contributed by atoms with E-state index in [0.717, 1.165) is 0 Å². The molecule has 2 aliphatic heterocycles. The Morgan fingerprint density at radius 3 is 2.44 bits per heavy atom. The van der Waals surface area contributed by atoms with Crippen molar-refractivity contribution in [3.63, 3.8) is 0 Å². The zero-order valence-electron chi connectivity index (χ0n) is 15.5. The van der Waals surface area contributed by atoms with Crippen LogP contribution in [0.15, 0.2) is 18.3 Å². The number of fused-ring (bicyclic) bond motifs is 2. The summed E-state index contributed by atoms with van der Waals surface area (Å²) >= 11 is 0. The highest BCUT2D eigenvalue weighted by Gasteiger charge is 2.55. The molecule has 3 N–H and O–H groups in total. The number of carbonyl (C=O) groups excluding carboxylic acids is 1. The van der Waals surface area contributed by atoms with Gasteiger partial charge in [-0.05, 0) is 38.8 Å². The van der Waals surface area contributed by atoms with Crippen LogP contribution in [0.4, 0.5) is 23.8 Å². The van der Waals surface area contributed by atoms with Crippen LogP contribution in [0, 0.1) is 0 Å². The molecule has 27 heavy (non-hydrogen) atoms. The molecule has 2 unspecified atom stereocenters. The number of pyridine rings is 1. The molecule has 0 radical (unpaired) electrons. The molecule has 1 amide bonds. The second-order valence-corrected chi connectivity index (χ2v) is 7.94. The molecule has 0 aromatic carbocycles. The maximum Gasteiger partial charge on any atom is 0.410 e. The van der Waals surface area contributed by atoms with Crippen LogP contribution in [-0.2, 0) is 4.74 Å². The van der Waals surface area contributed by atoms with Crippen molar-refractivity contribution in [3.05, 3.63) is 23.9 Å². The molecule has 2 bridgehead atoms. The van der Waals surface area contributed by atoms with Crippen LogP contribution in [0.3, 0.4) is 0 Å². The number of piperazine rings is 1. The van der Waals surface area contributed by atoms with Crippen LogP contribution in [0.25, 0.3) is 0 Å². The Bertz CT molecular complexity index is 689. The van der Waals surface area contributed by atoms with Gasteiger partial charge < -0.3 is 15.1 Å². The first-order valence-corrected chi connectivity index (χ1v) is 8.74. The summed E-state index contributed by atoms with van der Waals surface area (Å²) in [5.41, 5.74) is 1.71. The van der Waals surface area contributed by atoms with Gasteiger partial charge in [-0.2, -0.15) is 13.2 Å². The van der Waals surface area contributed by atoms with Crippen molar-refractivity contribution >= 4 is 11.9 Å². The first-order valence-electron chi connectivity index (χ1n) is 8.74. The summed E-state index contributed by atoms with van der Waals surface area (Å²) in [6, 6.07) is 0.356. The van der Waals surface area contributed by atoms with Crippen LogP contribution in [0.1, 0.15) is 38.8 Å². The monoisotopic (exact) mass is 387 g/mol. The predicted molar refractivity (Wildman–Crippen MR) is 92.7 cm³/mol. The van der Waals surface area contributed by atoms with Crippen molar-refractivity contribution in [2.24, 2.45) is 5.84 Å². The third-order valence-electron chi connectivity index (χ3n) is 4.80. The van der Waals surface area contributed by atoms with Crippen LogP contribution >= 0.6 is 0 Å². The van der Waals surface area contributed by atoms with E-state index >= 15 is 0 Å². The van der Waals surface area contributed by atoms with Gasteiger partial charge in [0.15, 0.2) is 0 Å². The maximum atomic E-state index is 13.8. The summed E-state index contributed by atoms with van der Waals surface area (Å²) in [6.07, 6.45) is -3.24. The van der Waals surface area contributed by atoms with E-state index in [4.69, 9.17) is 10.6 Å². The zero-order chi connectivity index (χ0) is 20.0. The van der Waals surface area contributed by atoms with Crippen molar-refractivity contribution in [3.8, 4) is 0 Å². The minimum Gasteiger partial charge on any atom is -0.444 e. The van der Waals surface area contributed by atoms with Crippen molar-refractivity contribution in [2.45, 2.75) is 57.1 Å². The van der Waals surface area contributed by atoms with Crippen LogP contribution in [-0.4, -0.2) is 57.8 Å². The largest absolute Gasteiger partial charge is 0.444 e. The Morgan fingerprint density at radius 2 is 2.00 bits per heavy atom. The van der Waals surface area contributed by atoms with Gasteiger partial charge in [0.1, 0.15) is 17.5 Å². The molecule has 2 fully saturated rings. The molecule has 7 nitrogen and oxygen atoms in total. The Labute approximate surface area is 155 Å². The van der Waals surface area contributed by atoms with Gasteiger partial charge in [0.05, 0.1) is 0 Å². The predicted octanol–water partition coefficient (Wildman–Crippen LogP) is 2.66. The number of anilines is 1. The zero-order valence-corrected chi connectivity index (χ0v) is 15.5. The molecule has 3 rings (SSSR count). The van der Waals surface area contributed by atoms with Crippen molar-refractivity contribution < 1.29 is 22.7 Å². The summed E-state index contributed by atoms with van der Waals surface area (Å²) in [5.74, 6) is 5.52. The van der Waals surface area contributed by atoms with Crippen molar-refractivity contribution in [1.29, 1.82) is 0 Å². The van der Waals surface area contributed by atoms with E-state index in [0.29, 0.717) is 12.2 Å². The number of nitrogens with zero attached hydrogens (tertiary/aromatic N) is 3.